The van der Waals surface area contributed by atoms with Gasteiger partial charge in [-0.25, -0.2) is 14.8 Å². The molecule has 25 heavy (non-hydrogen) atoms. The van der Waals surface area contributed by atoms with Gasteiger partial charge >= 0.3 is 5.97 Å². The van der Waals surface area contributed by atoms with E-state index in [0.29, 0.717) is 5.76 Å². The number of hydrogen-bond donors (Lipinski definition) is 1. The third-order valence-corrected chi connectivity index (χ3v) is 4.36. The summed E-state index contributed by atoms with van der Waals surface area (Å²) in [7, 11) is 1.28. The summed E-state index contributed by atoms with van der Waals surface area (Å²) in [6.45, 7) is 0.195. The van der Waals surface area contributed by atoms with Gasteiger partial charge in [-0.1, -0.05) is 30.0 Å². The van der Waals surface area contributed by atoms with Crippen LogP contribution in [0, 0.1) is 0 Å². The van der Waals surface area contributed by atoms with Gasteiger partial charge in [0.05, 0.1) is 24.9 Å². The molecule has 2 aromatic heterocycles. The van der Waals surface area contributed by atoms with E-state index in [1.54, 1.807) is 6.07 Å². The lowest BCUT2D eigenvalue weighted by Gasteiger charge is -2.05. The van der Waals surface area contributed by atoms with Crippen LogP contribution in [0.4, 0.5) is 0 Å². The average Bonchev–Trinajstić information content (AvgIpc) is 3.13. The summed E-state index contributed by atoms with van der Waals surface area (Å²) in [5.41, 5.74) is 0.839. The van der Waals surface area contributed by atoms with Crippen LogP contribution in [0.1, 0.15) is 16.3 Å². The molecule has 0 aliphatic heterocycles. The highest BCUT2D eigenvalue weighted by molar-refractivity contribution is 8.00. The van der Waals surface area contributed by atoms with Crippen molar-refractivity contribution in [2.24, 2.45) is 0 Å². The van der Waals surface area contributed by atoms with Crippen molar-refractivity contribution < 1.29 is 18.7 Å². The molecule has 0 saturated heterocycles. The summed E-state index contributed by atoms with van der Waals surface area (Å²) in [4.78, 5) is 31.8. The van der Waals surface area contributed by atoms with Gasteiger partial charge in [0.15, 0.2) is 0 Å². The number of amides is 1. The Morgan fingerprint density at radius 2 is 2.04 bits per heavy atom. The molecule has 0 aliphatic carbocycles. The molecule has 3 aromatic rings. The zero-order valence-electron chi connectivity index (χ0n) is 13.4. The van der Waals surface area contributed by atoms with Gasteiger partial charge in [0, 0.05) is 5.39 Å². The molecule has 2 heterocycles. The van der Waals surface area contributed by atoms with Crippen molar-refractivity contribution in [2.75, 3.05) is 12.9 Å². The maximum Gasteiger partial charge on any atom is 0.373 e. The molecule has 0 radical (unpaired) electrons. The number of thioether (sulfide) groups is 1. The summed E-state index contributed by atoms with van der Waals surface area (Å²) in [6.07, 6.45) is 1.49. The first-order chi connectivity index (χ1) is 12.2. The summed E-state index contributed by atoms with van der Waals surface area (Å²) >= 11 is 1.34. The van der Waals surface area contributed by atoms with Gasteiger partial charge in [-0.05, 0) is 18.2 Å². The Bertz CT molecular complexity index is 904. The molecule has 1 aromatic carbocycles. The number of aromatic nitrogens is 2. The van der Waals surface area contributed by atoms with Crippen molar-refractivity contribution in [1.29, 1.82) is 0 Å². The Kier molecular flexibility index (Phi) is 5.30. The predicted octanol–water partition coefficient (Wildman–Crippen LogP) is 2.42. The van der Waals surface area contributed by atoms with E-state index in [-0.39, 0.29) is 24.0 Å². The number of furan rings is 1. The molecule has 0 saturated carbocycles. The molecule has 0 bridgehead atoms. The molecule has 7 nitrogen and oxygen atoms in total. The van der Waals surface area contributed by atoms with E-state index in [4.69, 9.17) is 4.42 Å². The first kappa shape index (κ1) is 17.0. The van der Waals surface area contributed by atoms with Crippen molar-refractivity contribution >= 4 is 34.5 Å². The predicted molar refractivity (Wildman–Crippen MR) is 92.2 cm³/mol. The highest BCUT2D eigenvalue weighted by Crippen LogP contribution is 2.23. The quantitative estimate of drug-likeness (QED) is 0.411. The summed E-state index contributed by atoms with van der Waals surface area (Å²) < 4.78 is 9.85. The Morgan fingerprint density at radius 1 is 1.20 bits per heavy atom. The van der Waals surface area contributed by atoms with Gasteiger partial charge < -0.3 is 14.5 Å². The van der Waals surface area contributed by atoms with Gasteiger partial charge in [0.25, 0.3) is 0 Å². The first-order valence-corrected chi connectivity index (χ1v) is 8.42. The SMILES string of the molecule is COC(=O)c1ccc(CNC(=O)CSc2ncnc3ccccc23)o1. The van der Waals surface area contributed by atoms with Crippen LogP contribution >= 0.6 is 11.8 Å². The van der Waals surface area contributed by atoms with Crippen LogP contribution in [0.25, 0.3) is 10.9 Å². The number of carbonyl (C=O) groups is 2. The zero-order chi connectivity index (χ0) is 17.6. The average molecular weight is 357 g/mol. The van der Waals surface area contributed by atoms with Crippen LogP contribution in [0.15, 0.2) is 52.2 Å². The Balaban J connectivity index is 1.54. The number of ether oxygens (including phenoxy) is 1. The van der Waals surface area contributed by atoms with E-state index in [9.17, 15) is 9.59 Å². The molecule has 0 unspecified atom stereocenters. The van der Waals surface area contributed by atoms with Gasteiger partial charge in [0.2, 0.25) is 11.7 Å². The fourth-order valence-electron chi connectivity index (χ4n) is 2.15. The molecule has 0 atom stereocenters. The molecule has 1 N–H and O–H groups in total. The fourth-order valence-corrected chi connectivity index (χ4v) is 2.97. The standard InChI is InChI=1S/C17H15N3O4S/c1-23-17(22)14-7-6-11(24-14)8-18-15(21)9-25-16-12-4-2-3-5-13(12)19-10-20-16/h2-7,10H,8-9H2,1H3,(H,18,21). The highest BCUT2D eigenvalue weighted by atomic mass is 32.2. The minimum absolute atomic E-state index is 0.105. The third-order valence-electron chi connectivity index (χ3n) is 3.35. The van der Waals surface area contributed by atoms with Crippen LogP contribution in [-0.2, 0) is 16.1 Å². The van der Waals surface area contributed by atoms with Gasteiger partial charge in [0.1, 0.15) is 17.1 Å². The third kappa shape index (κ3) is 4.16. The minimum atomic E-state index is -0.552. The first-order valence-electron chi connectivity index (χ1n) is 7.43. The van der Waals surface area contributed by atoms with E-state index < -0.39 is 5.97 Å². The lowest BCUT2D eigenvalue weighted by molar-refractivity contribution is -0.118. The maximum atomic E-state index is 12.0. The summed E-state index contributed by atoms with van der Waals surface area (Å²) in [5, 5.41) is 4.41. The molecule has 1 amide bonds. The molecular formula is C17H15N3O4S. The smallest absolute Gasteiger partial charge is 0.373 e. The van der Waals surface area contributed by atoms with Crippen molar-refractivity contribution in [2.45, 2.75) is 11.6 Å². The van der Waals surface area contributed by atoms with Crippen LogP contribution < -0.4 is 5.32 Å². The Morgan fingerprint density at radius 3 is 2.88 bits per heavy atom. The number of nitrogens with one attached hydrogen (secondary N) is 1. The van der Waals surface area contributed by atoms with Crippen LogP contribution in [0.3, 0.4) is 0 Å². The Hall–Kier alpha value is -2.87. The molecule has 8 heteroatoms. The topological polar surface area (TPSA) is 94.3 Å². The lowest BCUT2D eigenvalue weighted by atomic mass is 10.2. The maximum absolute atomic E-state index is 12.0. The normalized spacial score (nSPS) is 10.6. The number of fused-ring (bicyclic) bond motifs is 1. The van der Waals surface area contributed by atoms with Gasteiger partial charge in [-0.2, -0.15) is 0 Å². The molecular weight excluding hydrogens is 342 g/mol. The lowest BCUT2D eigenvalue weighted by Crippen LogP contribution is -2.24. The monoisotopic (exact) mass is 357 g/mol. The van der Waals surface area contributed by atoms with Crippen LogP contribution in [0.2, 0.25) is 0 Å². The van der Waals surface area contributed by atoms with Crippen molar-refractivity contribution in [3.05, 3.63) is 54.2 Å². The molecule has 3 rings (SSSR count). The number of para-hydroxylation sites is 1. The van der Waals surface area contributed by atoms with Gasteiger partial charge in [-0.3, -0.25) is 4.79 Å². The zero-order valence-corrected chi connectivity index (χ0v) is 14.2. The Labute approximate surface area is 147 Å². The second-order valence-corrected chi connectivity index (χ2v) is 5.98. The molecule has 128 valence electrons. The fraction of sp³-hybridized carbons (Fsp3) is 0.176. The van der Waals surface area contributed by atoms with Crippen LogP contribution in [0.5, 0.6) is 0 Å². The van der Waals surface area contributed by atoms with E-state index >= 15 is 0 Å². The molecule has 0 aliphatic rings. The molecule has 0 spiro atoms. The second kappa shape index (κ2) is 7.80. The number of hydrogen-bond acceptors (Lipinski definition) is 7. The minimum Gasteiger partial charge on any atom is -0.463 e. The largest absolute Gasteiger partial charge is 0.463 e. The number of esters is 1. The van der Waals surface area contributed by atoms with E-state index in [1.807, 2.05) is 24.3 Å². The van der Waals surface area contributed by atoms with Crippen molar-refractivity contribution in [3.63, 3.8) is 0 Å². The van der Waals surface area contributed by atoms with Crippen molar-refractivity contribution in [1.82, 2.24) is 15.3 Å². The number of methoxy groups -OCH3 is 1. The summed E-state index contributed by atoms with van der Waals surface area (Å²) in [6, 6.07) is 10.8. The number of nitrogens with zero attached hydrogens (tertiary/aromatic N) is 2. The molecule has 0 fully saturated rings. The summed E-state index contributed by atoms with van der Waals surface area (Å²) in [5.74, 6) is 0.0817. The van der Waals surface area contributed by atoms with E-state index in [2.05, 4.69) is 20.0 Å². The van der Waals surface area contributed by atoms with E-state index in [1.165, 1.54) is 31.3 Å². The van der Waals surface area contributed by atoms with Gasteiger partial charge in [-0.15, -0.1) is 0 Å². The second-order valence-electron chi connectivity index (χ2n) is 5.02. The highest BCUT2D eigenvalue weighted by Gasteiger charge is 2.12. The van der Waals surface area contributed by atoms with Crippen molar-refractivity contribution in [3.8, 4) is 0 Å². The number of rotatable bonds is 6. The number of benzene rings is 1. The van der Waals surface area contributed by atoms with Crippen LogP contribution in [-0.4, -0.2) is 34.7 Å². The van der Waals surface area contributed by atoms with E-state index in [0.717, 1.165) is 15.9 Å². The number of carbonyl (C=O) groups excluding carboxylic acids is 2.